The molecule has 0 radical (unpaired) electrons. The lowest BCUT2D eigenvalue weighted by Crippen LogP contribution is -2.45. The Bertz CT molecular complexity index is 221. The molecular weight excluding hydrogens is 211 g/mol. The van der Waals surface area contributed by atoms with Crippen LogP contribution in [0.4, 0.5) is 4.39 Å². The summed E-state index contributed by atoms with van der Waals surface area (Å²) in [5.74, 6) is -0.755. The molecule has 0 aliphatic carbocycles. The normalized spacial score (nSPS) is 15.1. The maximum Gasteiger partial charge on any atom is 0.303 e. The average Bonchev–Trinajstić information content (AvgIpc) is 2.01. The molecule has 1 N–H and O–H groups in total. The van der Waals surface area contributed by atoms with E-state index in [2.05, 4.69) is 33.9 Å². The SMILES string of the molecule is CC(C)(C)[Si](C)(C)C(CCCF)C(=O)O. The van der Waals surface area contributed by atoms with Crippen molar-refractivity contribution in [1.29, 1.82) is 0 Å². The van der Waals surface area contributed by atoms with Gasteiger partial charge in [-0.1, -0.05) is 33.9 Å². The van der Waals surface area contributed by atoms with Gasteiger partial charge < -0.3 is 5.11 Å². The summed E-state index contributed by atoms with van der Waals surface area (Å²) in [6.45, 7) is 10.0. The number of carbonyl (C=O) groups is 1. The highest BCUT2D eigenvalue weighted by Gasteiger charge is 2.45. The van der Waals surface area contributed by atoms with Gasteiger partial charge in [0.25, 0.3) is 0 Å². The lowest BCUT2D eigenvalue weighted by Gasteiger charge is -2.41. The van der Waals surface area contributed by atoms with Gasteiger partial charge in [-0.25, -0.2) is 0 Å². The van der Waals surface area contributed by atoms with Crippen LogP contribution in [0.3, 0.4) is 0 Å². The highest BCUT2D eigenvalue weighted by molar-refractivity contribution is 6.84. The standard InChI is InChI=1S/C11H23FO2Si/c1-11(2,3)15(4,5)9(10(13)14)7-6-8-12/h9H,6-8H2,1-5H3,(H,13,14). The van der Waals surface area contributed by atoms with Crippen molar-refractivity contribution in [2.75, 3.05) is 6.67 Å². The second-order valence-electron chi connectivity index (χ2n) is 5.69. The van der Waals surface area contributed by atoms with Crippen LogP contribution in [0.15, 0.2) is 0 Å². The molecule has 0 bridgehead atoms. The molecular formula is C11H23FO2Si. The molecule has 0 aromatic carbocycles. The Hall–Kier alpha value is -0.383. The van der Waals surface area contributed by atoms with Gasteiger partial charge in [-0.3, -0.25) is 9.18 Å². The zero-order valence-corrected chi connectivity index (χ0v) is 11.4. The first-order valence-electron chi connectivity index (χ1n) is 5.43. The number of carboxylic acids is 1. The third-order valence-electron chi connectivity index (χ3n) is 3.73. The number of carboxylic acid groups (broad SMARTS) is 1. The molecule has 2 nitrogen and oxygen atoms in total. The minimum absolute atomic E-state index is 0.0341. The lowest BCUT2D eigenvalue weighted by atomic mass is 10.2. The molecule has 0 aliphatic rings. The molecule has 0 aromatic rings. The van der Waals surface area contributed by atoms with Gasteiger partial charge in [0.2, 0.25) is 0 Å². The van der Waals surface area contributed by atoms with Crippen molar-refractivity contribution in [2.24, 2.45) is 0 Å². The van der Waals surface area contributed by atoms with Crippen LogP contribution < -0.4 is 0 Å². The van der Waals surface area contributed by atoms with Gasteiger partial charge in [0.15, 0.2) is 0 Å². The summed E-state index contributed by atoms with van der Waals surface area (Å²) in [6.07, 6.45) is 0.839. The fourth-order valence-electron chi connectivity index (χ4n) is 1.60. The van der Waals surface area contributed by atoms with E-state index >= 15 is 0 Å². The highest BCUT2D eigenvalue weighted by Crippen LogP contribution is 2.45. The van der Waals surface area contributed by atoms with Crippen LogP contribution in [-0.4, -0.2) is 25.8 Å². The molecule has 0 aromatic heterocycles. The van der Waals surface area contributed by atoms with Crippen molar-refractivity contribution in [3.8, 4) is 0 Å². The zero-order chi connectivity index (χ0) is 12.3. The van der Waals surface area contributed by atoms with Crippen LogP contribution >= 0.6 is 0 Å². The number of halogens is 1. The number of rotatable bonds is 5. The van der Waals surface area contributed by atoms with E-state index in [9.17, 15) is 14.3 Å². The molecule has 1 atom stereocenters. The molecule has 0 spiro atoms. The van der Waals surface area contributed by atoms with Gasteiger partial charge in [0, 0.05) is 0 Å². The Morgan fingerprint density at radius 1 is 1.40 bits per heavy atom. The minimum atomic E-state index is -1.90. The summed E-state index contributed by atoms with van der Waals surface area (Å²) in [7, 11) is -1.90. The second-order valence-corrected chi connectivity index (χ2v) is 11.3. The summed E-state index contributed by atoms with van der Waals surface area (Å²) >= 11 is 0. The molecule has 0 amide bonds. The van der Waals surface area contributed by atoms with Crippen molar-refractivity contribution in [3.63, 3.8) is 0 Å². The summed E-state index contributed by atoms with van der Waals surface area (Å²) in [4.78, 5) is 11.2. The topological polar surface area (TPSA) is 37.3 Å². The predicted molar refractivity (Wildman–Crippen MR) is 63.8 cm³/mol. The van der Waals surface area contributed by atoms with Crippen molar-refractivity contribution in [1.82, 2.24) is 0 Å². The number of hydrogen-bond acceptors (Lipinski definition) is 1. The molecule has 4 heteroatoms. The van der Waals surface area contributed by atoms with Gasteiger partial charge in [0.1, 0.15) is 0 Å². The van der Waals surface area contributed by atoms with E-state index in [4.69, 9.17) is 0 Å². The largest absolute Gasteiger partial charge is 0.481 e. The van der Waals surface area contributed by atoms with Crippen molar-refractivity contribution in [3.05, 3.63) is 0 Å². The van der Waals surface area contributed by atoms with Crippen molar-refractivity contribution >= 4 is 14.0 Å². The molecule has 1 unspecified atom stereocenters. The molecule has 0 rings (SSSR count). The first-order chi connectivity index (χ1) is 6.64. The molecule has 15 heavy (non-hydrogen) atoms. The van der Waals surface area contributed by atoms with Gasteiger partial charge in [-0.2, -0.15) is 0 Å². The quantitative estimate of drug-likeness (QED) is 0.736. The number of aliphatic carboxylic acids is 1. The molecule has 0 saturated carbocycles. The minimum Gasteiger partial charge on any atom is -0.481 e. The van der Waals surface area contributed by atoms with E-state index in [0.29, 0.717) is 12.8 Å². The Balaban J connectivity index is 4.82. The van der Waals surface area contributed by atoms with Gasteiger partial charge in [-0.05, 0) is 17.9 Å². The Morgan fingerprint density at radius 3 is 2.13 bits per heavy atom. The molecule has 90 valence electrons. The Labute approximate surface area is 92.9 Å². The number of alkyl halides is 1. The number of hydrogen-bond donors (Lipinski definition) is 1. The third kappa shape index (κ3) is 3.59. The van der Waals surface area contributed by atoms with E-state index in [1.165, 1.54) is 0 Å². The highest BCUT2D eigenvalue weighted by atomic mass is 28.3. The van der Waals surface area contributed by atoms with E-state index < -0.39 is 20.7 Å². The van der Waals surface area contributed by atoms with E-state index in [1.807, 2.05) is 0 Å². The Morgan fingerprint density at radius 2 is 1.87 bits per heavy atom. The summed E-state index contributed by atoms with van der Waals surface area (Å²) in [5, 5.41) is 9.25. The van der Waals surface area contributed by atoms with E-state index in [-0.39, 0.29) is 10.6 Å². The van der Waals surface area contributed by atoms with Crippen LogP contribution in [0, 0.1) is 0 Å². The first-order valence-corrected chi connectivity index (χ1v) is 8.51. The average molecular weight is 234 g/mol. The van der Waals surface area contributed by atoms with E-state index in [1.54, 1.807) is 0 Å². The molecule has 0 aliphatic heterocycles. The Kier molecular flexibility index (Phi) is 4.97. The lowest BCUT2D eigenvalue weighted by molar-refractivity contribution is -0.137. The fourth-order valence-corrected chi connectivity index (χ4v) is 4.19. The fraction of sp³-hybridized carbons (Fsp3) is 0.909. The maximum absolute atomic E-state index is 12.1. The predicted octanol–water partition coefficient (Wildman–Crippen LogP) is 3.70. The van der Waals surface area contributed by atoms with Gasteiger partial charge in [-0.15, -0.1) is 0 Å². The summed E-state index contributed by atoms with van der Waals surface area (Å²) in [5.41, 5.74) is -0.340. The second kappa shape index (κ2) is 5.10. The van der Waals surface area contributed by atoms with E-state index in [0.717, 1.165) is 0 Å². The van der Waals surface area contributed by atoms with Crippen LogP contribution in [0.2, 0.25) is 23.7 Å². The van der Waals surface area contributed by atoms with Crippen LogP contribution in [0.5, 0.6) is 0 Å². The third-order valence-corrected chi connectivity index (χ3v) is 9.87. The van der Waals surface area contributed by atoms with Gasteiger partial charge in [0.05, 0.1) is 20.3 Å². The zero-order valence-electron chi connectivity index (χ0n) is 10.4. The molecule has 0 fully saturated rings. The van der Waals surface area contributed by atoms with Crippen LogP contribution in [-0.2, 0) is 4.79 Å². The summed E-state index contributed by atoms with van der Waals surface area (Å²) < 4.78 is 12.1. The first kappa shape index (κ1) is 14.6. The van der Waals surface area contributed by atoms with Crippen LogP contribution in [0.25, 0.3) is 0 Å². The van der Waals surface area contributed by atoms with Crippen molar-refractivity contribution in [2.45, 2.75) is 57.3 Å². The maximum atomic E-state index is 12.1. The van der Waals surface area contributed by atoms with Gasteiger partial charge >= 0.3 is 5.97 Å². The van der Waals surface area contributed by atoms with Crippen LogP contribution in [0.1, 0.15) is 33.6 Å². The molecule has 0 saturated heterocycles. The van der Waals surface area contributed by atoms with Crippen molar-refractivity contribution < 1.29 is 14.3 Å². The smallest absolute Gasteiger partial charge is 0.303 e. The monoisotopic (exact) mass is 234 g/mol. The molecule has 0 heterocycles. The summed E-state index contributed by atoms with van der Waals surface area (Å²) in [6, 6.07) is 0.